The topological polar surface area (TPSA) is 20.2 Å². The highest BCUT2D eigenvalue weighted by Crippen LogP contribution is 2.45. The summed E-state index contributed by atoms with van der Waals surface area (Å²) in [6.45, 7) is 6.66. The Morgan fingerprint density at radius 2 is 1.75 bits per heavy atom. The van der Waals surface area contributed by atoms with E-state index in [0.717, 1.165) is 31.2 Å². The van der Waals surface area contributed by atoms with Crippen LogP contribution >= 0.6 is 0 Å². The van der Waals surface area contributed by atoms with Crippen LogP contribution in [-0.2, 0) is 11.0 Å². The average molecular weight is 268 g/mol. The molecule has 0 bridgehead atoms. The van der Waals surface area contributed by atoms with Crippen LogP contribution < -0.4 is 0 Å². The molecule has 1 heteroatoms. The lowest BCUT2D eigenvalue weighted by molar-refractivity contribution is 0.0477. The van der Waals surface area contributed by atoms with Crippen molar-refractivity contribution in [1.82, 2.24) is 0 Å². The van der Waals surface area contributed by atoms with Gasteiger partial charge in [-0.05, 0) is 35.0 Å². The molecule has 0 aliphatic heterocycles. The van der Waals surface area contributed by atoms with Gasteiger partial charge in [0.2, 0.25) is 0 Å². The summed E-state index contributed by atoms with van der Waals surface area (Å²) >= 11 is 0. The van der Waals surface area contributed by atoms with Crippen LogP contribution in [0.25, 0.3) is 0 Å². The van der Waals surface area contributed by atoms with Gasteiger partial charge in [-0.25, -0.2) is 0 Å². The molecule has 3 rings (SSSR count). The Bertz CT molecular complexity index is 569. The third kappa shape index (κ3) is 2.35. The molecule has 0 fully saturated rings. The number of rotatable bonds is 1. The van der Waals surface area contributed by atoms with Crippen molar-refractivity contribution < 1.29 is 5.11 Å². The van der Waals surface area contributed by atoms with Crippen LogP contribution in [0.3, 0.4) is 0 Å². The molecule has 0 spiro atoms. The average Bonchev–Trinajstić information content (AvgIpc) is 2.75. The quantitative estimate of drug-likeness (QED) is 0.788. The highest BCUT2D eigenvalue weighted by molar-refractivity contribution is 5.42. The first-order valence-electron chi connectivity index (χ1n) is 7.59. The van der Waals surface area contributed by atoms with E-state index in [1.807, 2.05) is 0 Å². The molecule has 0 aromatic heterocycles. The van der Waals surface area contributed by atoms with Crippen molar-refractivity contribution in [2.75, 3.05) is 0 Å². The standard InChI is InChI=1S/C19H24O/c1-18(2,3)16-8-10-17(11-9-16)19(20)12-14-6-4-5-7-15(14)13-19/h4,6,8-11,20H,5,7,12-13H2,1-3H3. The number of allylic oxidation sites excluding steroid dienone is 2. The lowest BCUT2D eigenvalue weighted by atomic mass is 9.83. The van der Waals surface area contributed by atoms with Crippen molar-refractivity contribution in [2.45, 2.75) is 57.5 Å². The highest BCUT2D eigenvalue weighted by atomic mass is 16.3. The number of benzene rings is 1. The second-order valence-electron chi connectivity index (χ2n) is 7.28. The second kappa shape index (κ2) is 4.60. The molecule has 0 saturated carbocycles. The van der Waals surface area contributed by atoms with E-state index in [2.05, 4.69) is 57.2 Å². The molecule has 1 unspecified atom stereocenters. The van der Waals surface area contributed by atoms with Gasteiger partial charge in [0.1, 0.15) is 0 Å². The Hall–Kier alpha value is -1.34. The zero-order chi connectivity index (χ0) is 14.4. The van der Waals surface area contributed by atoms with E-state index in [-0.39, 0.29) is 5.41 Å². The zero-order valence-corrected chi connectivity index (χ0v) is 12.7. The fraction of sp³-hybridized carbons (Fsp3) is 0.474. The Morgan fingerprint density at radius 1 is 1.05 bits per heavy atom. The summed E-state index contributed by atoms with van der Waals surface area (Å²) in [4.78, 5) is 0. The molecule has 1 N–H and O–H groups in total. The van der Waals surface area contributed by atoms with Crippen molar-refractivity contribution in [3.8, 4) is 0 Å². The van der Waals surface area contributed by atoms with E-state index < -0.39 is 5.60 Å². The molecule has 20 heavy (non-hydrogen) atoms. The fourth-order valence-electron chi connectivity index (χ4n) is 3.36. The van der Waals surface area contributed by atoms with Crippen molar-refractivity contribution in [3.63, 3.8) is 0 Å². The molecule has 0 saturated heterocycles. The lowest BCUT2D eigenvalue weighted by Gasteiger charge is -2.26. The maximum Gasteiger partial charge on any atom is 0.0973 e. The second-order valence-corrected chi connectivity index (χ2v) is 7.28. The summed E-state index contributed by atoms with van der Waals surface area (Å²) in [7, 11) is 0. The van der Waals surface area contributed by atoms with E-state index in [1.54, 1.807) is 0 Å². The lowest BCUT2D eigenvalue weighted by Crippen LogP contribution is -2.22. The predicted molar refractivity (Wildman–Crippen MR) is 83.7 cm³/mol. The van der Waals surface area contributed by atoms with Gasteiger partial charge in [0.25, 0.3) is 0 Å². The van der Waals surface area contributed by atoms with Crippen LogP contribution in [0.2, 0.25) is 0 Å². The van der Waals surface area contributed by atoms with Crippen LogP contribution in [0.4, 0.5) is 0 Å². The van der Waals surface area contributed by atoms with Gasteiger partial charge >= 0.3 is 0 Å². The zero-order valence-electron chi connectivity index (χ0n) is 12.7. The minimum absolute atomic E-state index is 0.164. The number of hydrogen-bond donors (Lipinski definition) is 1. The summed E-state index contributed by atoms with van der Waals surface area (Å²) in [6, 6.07) is 8.56. The molecule has 0 amide bonds. The largest absolute Gasteiger partial charge is 0.384 e. The molecule has 2 aliphatic carbocycles. The van der Waals surface area contributed by atoms with Gasteiger partial charge in [0.15, 0.2) is 0 Å². The Labute approximate surface area is 122 Å². The summed E-state index contributed by atoms with van der Waals surface area (Å²) in [5.74, 6) is 0. The van der Waals surface area contributed by atoms with Crippen LogP contribution in [0.15, 0.2) is 47.6 Å². The van der Waals surface area contributed by atoms with Gasteiger partial charge in [-0.3, -0.25) is 0 Å². The first-order valence-corrected chi connectivity index (χ1v) is 7.59. The number of aliphatic hydroxyl groups is 1. The molecular formula is C19H24O. The van der Waals surface area contributed by atoms with E-state index in [4.69, 9.17) is 0 Å². The Kier molecular flexibility index (Phi) is 3.13. The maximum atomic E-state index is 11.0. The molecule has 1 nitrogen and oxygen atoms in total. The minimum atomic E-state index is -0.685. The summed E-state index contributed by atoms with van der Waals surface area (Å²) in [5, 5.41) is 11.0. The molecule has 2 aliphatic rings. The molecule has 106 valence electrons. The third-order valence-corrected chi connectivity index (χ3v) is 4.66. The van der Waals surface area contributed by atoms with Crippen LogP contribution in [0.5, 0.6) is 0 Å². The van der Waals surface area contributed by atoms with Crippen molar-refractivity contribution in [2.24, 2.45) is 0 Å². The smallest absolute Gasteiger partial charge is 0.0973 e. The minimum Gasteiger partial charge on any atom is -0.384 e. The van der Waals surface area contributed by atoms with E-state index in [1.165, 1.54) is 16.7 Å². The summed E-state index contributed by atoms with van der Waals surface area (Å²) in [5.41, 5.74) is 4.68. The normalized spacial score (nSPS) is 26.0. The molecule has 1 aromatic rings. The summed E-state index contributed by atoms with van der Waals surface area (Å²) < 4.78 is 0. The molecule has 0 heterocycles. The molecule has 1 aromatic carbocycles. The highest BCUT2D eigenvalue weighted by Gasteiger charge is 2.37. The van der Waals surface area contributed by atoms with E-state index >= 15 is 0 Å². The van der Waals surface area contributed by atoms with Crippen molar-refractivity contribution in [1.29, 1.82) is 0 Å². The van der Waals surface area contributed by atoms with Crippen LogP contribution in [0.1, 0.15) is 57.6 Å². The van der Waals surface area contributed by atoms with Crippen molar-refractivity contribution in [3.05, 3.63) is 58.7 Å². The summed E-state index contributed by atoms with van der Waals surface area (Å²) in [6.07, 6.45) is 8.26. The van der Waals surface area contributed by atoms with Crippen LogP contribution in [0, 0.1) is 0 Å². The third-order valence-electron chi connectivity index (χ3n) is 4.66. The van der Waals surface area contributed by atoms with Gasteiger partial charge in [-0.2, -0.15) is 0 Å². The first kappa shape index (κ1) is 13.6. The van der Waals surface area contributed by atoms with Gasteiger partial charge in [-0.1, -0.05) is 62.8 Å². The Morgan fingerprint density at radius 3 is 2.35 bits per heavy atom. The van der Waals surface area contributed by atoms with Crippen molar-refractivity contribution >= 4 is 0 Å². The maximum absolute atomic E-state index is 11.0. The molecule has 0 radical (unpaired) electrons. The van der Waals surface area contributed by atoms with Gasteiger partial charge in [-0.15, -0.1) is 0 Å². The van der Waals surface area contributed by atoms with Crippen LogP contribution in [-0.4, -0.2) is 5.11 Å². The van der Waals surface area contributed by atoms with Gasteiger partial charge in [0, 0.05) is 12.8 Å². The van der Waals surface area contributed by atoms with E-state index in [0.29, 0.717) is 0 Å². The number of hydrogen-bond acceptors (Lipinski definition) is 1. The monoisotopic (exact) mass is 268 g/mol. The first-order chi connectivity index (χ1) is 9.38. The predicted octanol–water partition coefficient (Wildman–Crippen LogP) is 4.61. The van der Waals surface area contributed by atoms with E-state index in [9.17, 15) is 5.11 Å². The molecule has 1 atom stereocenters. The molecular weight excluding hydrogens is 244 g/mol. The fourth-order valence-corrected chi connectivity index (χ4v) is 3.36. The van der Waals surface area contributed by atoms with Gasteiger partial charge < -0.3 is 5.11 Å². The SMILES string of the molecule is CC(C)(C)c1ccc(C2(O)CC3=C(CCC=C3)C2)cc1. The Balaban J connectivity index is 1.85. The van der Waals surface area contributed by atoms with Gasteiger partial charge in [0.05, 0.1) is 5.60 Å².